The summed E-state index contributed by atoms with van der Waals surface area (Å²) in [6.45, 7) is 6.06. The molecule has 0 spiro atoms. The molecule has 0 aromatic carbocycles. The van der Waals surface area contributed by atoms with E-state index in [0.29, 0.717) is 12.2 Å². The molecule has 0 fully saturated rings. The normalized spacial score (nSPS) is 9.42. The Hall–Kier alpha value is -0.790. The molecule has 2 nitrogen and oxygen atoms in total. The average Bonchev–Trinajstić information content (AvgIpc) is 1.98. The Morgan fingerprint density at radius 2 is 1.92 bits per heavy atom. The summed E-state index contributed by atoms with van der Waals surface area (Å²) in [5.41, 5.74) is 0.674. The van der Waals surface area contributed by atoms with Crippen LogP contribution in [0.5, 0.6) is 0 Å². The monoisotopic (exact) mass is 174 g/mol. The van der Waals surface area contributed by atoms with Crippen molar-refractivity contribution in [2.75, 3.05) is 6.61 Å². The standard InChI is InChI=1S/C8H14O2.2CH4/c1-4-6-10-8(9)7(3)5-2;;/h5H,4,6H2,1-3H3;2*1H4/b7-5-;;. The summed E-state index contributed by atoms with van der Waals surface area (Å²) >= 11 is 0. The highest BCUT2D eigenvalue weighted by Crippen LogP contribution is 1.95. The first-order valence-electron chi connectivity index (χ1n) is 3.52. The van der Waals surface area contributed by atoms with Crippen molar-refractivity contribution >= 4 is 5.97 Å². The zero-order chi connectivity index (χ0) is 7.98. The Balaban J connectivity index is -0.000000405. The van der Waals surface area contributed by atoms with Gasteiger partial charge in [0.1, 0.15) is 0 Å². The fourth-order valence-corrected chi connectivity index (χ4v) is 0.426. The maximum atomic E-state index is 10.8. The first-order chi connectivity index (χ1) is 4.72. The van der Waals surface area contributed by atoms with Gasteiger partial charge >= 0.3 is 5.97 Å². The summed E-state index contributed by atoms with van der Waals surface area (Å²) < 4.78 is 4.84. The highest BCUT2D eigenvalue weighted by Gasteiger charge is 2.01. The van der Waals surface area contributed by atoms with Crippen LogP contribution < -0.4 is 0 Å². The van der Waals surface area contributed by atoms with Gasteiger partial charge in [0.15, 0.2) is 0 Å². The van der Waals surface area contributed by atoms with E-state index in [1.165, 1.54) is 0 Å². The molecule has 0 radical (unpaired) electrons. The topological polar surface area (TPSA) is 26.3 Å². The Morgan fingerprint density at radius 3 is 2.25 bits per heavy atom. The van der Waals surface area contributed by atoms with Gasteiger partial charge in [-0.1, -0.05) is 27.9 Å². The molecule has 0 aromatic heterocycles. The zero-order valence-electron chi connectivity index (χ0n) is 6.81. The molecule has 0 aliphatic carbocycles. The van der Waals surface area contributed by atoms with Gasteiger partial charge in [0.25, 0.3) is 0 Å². The minimum absolute atomic E-state index is 0. The third kappa shape index (κ3) is 7.32. The van der Waals surface area contributed by atoms with E-state index in [-0.39, 0.29) is 20.8 Å². The van der Waals surface area contributed by atoms with Crippen molar-refractivity contribution in [3.63, 3.8) is 0 Å². The van der Waals surface area contributed by atoms with Crippen molar-refractivity contribution in [2.45, 2.75) is 42.0 Å². The second-order valence-corrected chi connectivity index (χ2v) is 2.11. The van der Waals surface area contributed by atoms with Crippen LogP contribution in [0.2, 0.25) is 0 Å². The predicted molar refractivity (Wildman–Crippen MR) is 54.1 cm³/mol. The van der Waals surface area contributed by atoms with Crippen molar-refractivity contribution in [2.24, 2.45) is 0 Å². The van der Waals surface area contributed by atoms with Gasteiger partial charge in [-0.15, -0.1) is 0 Å². The second kappa shape index (κ2) is 10.2. The van der Waals surface area contributed by atoms with E-state index in [2.05, 4.69) is 0 Å². The van der Waals surface area contributed by atoms with Crippen molar-refractivity contribution in [1.29, 1.82) is 0 Å². The number of hydrogen-bond acceptors (Lipinski definition) is 2. The molecule has 0 saturated heterocycles. The molecule has 12 heavy (non-hydrogen) atoms. The Kier molecular flexibility index (Phi) is 14.8. The molecule has 0 aliphatic rings. The smallest absolute Gasteiger partial charge is 0.333 e. The quantitative estimate of drug-likeness (QED) is 0.485. The maximum absolute atomic E-state index is 10.8. The van der Waals surface area contributed by atoms with E-state index in [1.54, 1.807) is 13.0 Å². The van der Waals surface area contributed by atoms with E-state index in [4.69, 9.17) is 4.74 Å². The SMILES string of the molecule is C.C.C/C=C(/C)C(=O)OCCC. The van der Waals surface area contributed by atoms with Crippen LogP contribution in [0, 0.1) is 0 Å². The van der Waals surface area contributed by atoms with Gasteiger partial charge in [0.05, 0.1) is 6.61 Å². The number of ether oxygens (including phenoxy) is 1. The fourth-order valence-electron chi connectivity index (χ4n) is 0.426. The number of esters is 1. The van der Waals surface area contributed by atoms with E-state index in [1.807, 2.05) is 13.8 Å². The number of rotatable bonds is 3. The average molecular weight is 174 g/mol. The van der Waals surface area contributed by atoms with Crippen LogP contribution in [0.1, 0.15) is 42.0 Å². The number of hydrogen-bond donors (Lipinski definition) is 0. The molecule has 0 aliphatic heterocycles. The van der Waals surface area contributed by atoms with Crippen LogP contribution in [0.25, 0.3) is 0 Å². The number of allylic oxidation sites excluding steroid dienone is 1. The molecule has 0 N–H and O–H groups in total. The Morgan fingerprint density at radius 1 is 1.42 bits per heavy atom. The molecule has 0 rings (SSSR count). The lowest BCUT2D eigenvalue weighted by molar-refractivity contribution is -0.138. The summed E-state index contributed by atoms with van der Waals surface area (Å²) in [5, 5.41) is 0. The van der Waals surface area contributed by atoms with E-state index >= 15 is 0 Å². The second-order valence-electron chi connectivity index (χ2n) is 2.11. The molecule has 0 saturated carbocycles. The minimum atomic E-state index is -0.204. The van der Waals surface area contributed by atoms with Crippen molar-refractivity contribution < 1.29 is 9.53 Å². The molecular formula is C10H22O2. The lowest BCUT2D eigenvalue weighted by atomic mass is 10.3. The Labute approximate surface area is 76.6 Å². The molecule has 74 valence electrons. The molecular weight excluding hydrogens is 152 g/mol. The maximum Gasteiger partial charge on any atom is 0.333 e. The molecule has 0 unspecified atom stereocenters. The van der Waals surface area contributed by atoms with Crippen LogP contribution in [0.15, 0.2) is 11.6 Å². The van der Waals surface area contributed by atoms with E-state index in [9.17, 15) is 4.79 Å². The van der Waals surface area contributed by atoms with Gasteiger partial charge in [-0.3, -0.25) is 0 Å². The largest absolute Gasteiger partial charge is 0.462 e. The molecule has 0 heterocycles. The van der Waals surface area contributed by atoms with Crippen LogP contribution in [-0.4, -0.2) is 12.6 Å². The zero-order valence-corrected chi connectivity index (χ0v) is 6.81. The third-order valence-corrected chi connectivity index (χ3v) is 1.19. The van der Waals surface area contributed by atoms with Crippen LogP contribution in [0.3, 0.4) is 0 Å². The minimum Gasteiger partial charge on any atom is -0.462 e. The van der Waals surface area contributed by atoms with Crippen LogP contribution in [-0.2, 0) is 9.53 Å². The Bertz CT molecular complexity index is 137. The van der Waals surface area contributed by atoms with Gasteiger partial charge in [0, 0.05) is 5.57 Å². The van der Waals surface area contributed by atoms with Gasteiger partial charge in [-0.25, -0.2) is 4.79 Å². The first kappa shape index (κ1) is 17.3. The summed E-state index contributed by atoms with van der Waals surface area (Å²) in [7, 11) is 0. The summed E-state index contributed by atoms with van der Waals surface area (Å²) in [6, 6.07) is 0. The summed E-state index contributed by atoms with van der Waals surface area (Å²) in [4.78, 5) is 10.8. The van der Waals surface area contributed by atoms with Crippen LogP contribution >= 0.6 is 0 Å². The lowest BCUT2D eigenvalue weighted by Gasteiger charge is -2.00. The third-order valence-electron chi connectivity index (χ3n) is 1.19. The van der Waals surface area contributed by atoms with Crippen molar-refractivity contribution in [1.82, 2.24) is 0 Å². The van der Waals surface area contributed by atoms with Gasteiger partial charge in [0.2, 0.25) is 0 Å². The lowest BCUT2D eigenvalue weighted by Crippen LogP contribution is -2.05. The molecule has 0 amide bonds. The highest BCUT2D eigenvalue weighted by atomic mass is 16.5. The number of carbonyl (C=O) groups is 1. The molecule has 0 atom stereocenters. The highest BCUT2D eigenvalue weighted by molar-refractivity contribution is 5.87. The van der Waals surface area contributed by atoms with E-state index in [0.717, 1.165) is 6.42 Å². The van der Waals surface area contributed by atoms with Gasteiger partial charge < -0.3 is 4.74 Å². The van der Waals surface area contributed by atoms with Crippen molar-refractivity contribution in [3.05, 3.63) is 11.6 Å². The molecule has 2 heteroatoms. The molecule has 0 bridgehead atoms. The summed E-state index contributed by atoms with van der Waals surface area (Å²) in [5.74, 6) is -0.204. The molecule has 0 aromatic rings. The first-order valence-corrected chi connectivity index (χ1v) is 3.52. The van der Waals surface area contributed by atoms with Gasteiger partial charge in [-0.05, 0) is 20.3 Å². The van der Waals surface area contributed by atoms with Crippen molar-refractivity contribution in [3.8, 4) is 0 Å². The van der Waals surface area contributed by atoms with Gasteiger partial charge in [-0.2, -0.15) is 0 Å². The fraction of sp³-hybridized carbons (Fsp3) is 0.700. The predicted octanol–water partition coefficient (Wildman–Crippen LogP) is 3.18. The van der Waals surface area contributed by atoms with Crippen LogP contribution in [0.4, 0.5) is 0 Å². The number of carbonyl (C=O) groups excluding carboxylic acids is 1. The summed E-state index contributed by atoms with van der Waals surface area (Å²) in [6.07, 6.45) is 2.63. The van der Waals surface area contributed by atoms with E-state index < -0.39 is 0 Å².